The second-order valence-corrected chi connectivity index (χ2v) is 4.92. The summed E-state index contributed by atoms with van der Waals surface area (Å²) in [6.45, 7) is 5.77. The molecule has 1 aromatic carbocycles. The van der Waals surface area contributed by atoms with Gasteiger partial charge in [0.05, 0.1) is 7.11 Å². The van der Waals surface area contributed by atoms with E-state index in [0.717, 1.165) is 5.56 Å². The van der Waals surface area contributed by atoms with Gasteiger partial charge in [-0.2, -0.15) is 0 Å². The van der Waals surface area contributed by atoms with Gasteiger partial charge in [0.2, 0.25) is 0 Å². The lowest BCUT2D eigenvalue weighted by molar-refractivity contribution is 0.0523. The van der Waals surface area contributed by atoms with E-state index in [1.807, 2.05) is 26.8 Å². The Morgan fingerprint density at radius 1 is 1.39 bits per heavy atom. The van der Waals surface area contributed by atoms with Crippen LogP contribution in [0.25, 0.3) is 0 Å². The van der Waals surface area contributed by atoms with Crippen LogP contribution >= 0.6 is 0 Å². The summed E-state index contributed by atoms with van der Waals surface area (Å²) in [6.07, 6.45) is -0.460. The molecule has 5 nitrogen and oxygen atoms in total. The summed E-state index contributed by atoms with van der Waals surface area (Å²) < 4.78 is 10.2. The van der Waals surface area contributed by atoms with Crippen LogP contribution in [0.4, 0.5) is 10.5 Å². The normalized spacial score (nSPS) is 10.9. The Labute approximate surface area is 107 Å². The summed E-state index contributed by atoms with van der Waals surface area (Å²) in [4.78, 5) is 11.5. The van der Waals surface area contributed by atoms with E-state index in [2.05, 4.69) is 5.32 Å². The summed E-state index contributed by atoms with van der Waals surface area (Å²) in [7, 11) is 1.58. The molecule has 0 saturated heterocycles. The van der Waals surface area contributed by atoms with Gasteiger partial charge in [-0.25, -0.2) is 4.79 Å². The van der Waals surface area contributed by atoms with Gasteiger partial charge in [0, 0.05) is 18.3 Å². The SMILES string of the molecule is COc1ccc(CNC(=O)OC(C)(C)C)c(N)c1. The number of carbonyl (C=O) groups is 1. The highest BCUT2D eigenvalue weighted by Gasteiger charge is 2.15. The summed E-state index contributed by atoms with van der Waals surface area (Å²) in [5, 5.41) is 2.65. The van der Waals surface area contributed by atoms with Gasteiger partial charge in [-0.1, -0.05) is 6.07 Å². The van der Waals surface area contributed by atoms with E-state index in [4.69, 9.17) is 15.2 Å². The topological polar surface area (TPSA) is 73.6 Å². The van der Waals surface area contributed by atoms with E-state index in [1.54, 1.807) is 19.2 Å². The molecule has 0 aliphatic rings. The number of nitrogens with one attached hydrogen (secondary N) is 1. The van der Waals surface area contributed by atoms with Crippen molar-refractivity contribution in [1.82, 2.24) is 5.32 Å². The molecule has 1 amide bonds. The minimum atomic E-state index is -0.504. The summed E-state index contributed by atoms with van der Waals surface area (Å²) >= 11 is 0. The Balaban J connectivity index is 2.56. The molecule has 0 unspecified atom stereocenters. The third kappa shape index (κ3) is 4.53. The largest absolute Gasteiger partial charge is 0.497 e. The van der Waals surface area contributed by atoms with Crippen molar-refractivity contribution >= 4 is 11.8 Å². The van der Waals surface area contributed by atoms with Gasteiger partial charge in [-0.15, -0.1) is 0 Å². The monoisotopic (exact) mass is 252 g/mol. The number of carbonyl (C=O) groups excluding carboxylic acids is 1. The number of anilines is 1. The second kappa shape index (κ2) is 5.62. The van der Waals surface area contributed by atoms with E-state index in [9.17, 15) is 4.79 Å². The van der Waals surface area contributed by atoms with Crippen LogP contribution in [0.1, 0.15) is 26.3 Å². The molecule has 1 rings (SSSR count). The van der Waals surface area contributed by atoms with Crippen LogP contribution in [0.3, 0.4) is 0 Å². The van der Waals surface area contributed by atoms with Gasteiger partial charge in [0.1, 0.15) is 11.4 Å². The molecule has 18 heavy (non-hydrogen) atoms. The predicted molar refractivity (Wildman–Crippen MR) is 70.5 cm³/mol. The van der Waals surface area contributed by atoms with Crippen molar-refractivity contribution in [1.29, 1.82) is 0 Å². The van der Waals surface area contributed by atoms with Crippen LogP contribution in [0, 0.1) is 0 Å². The van der Waals surface area contributed by atoms with Gasteiger partial charge in [-0.05, 0) is 32.4 Å². The van der Waals surface area contributed by atoms with E-state index in [0.29, 0.717) is 18.0 Å². The van der Waals surface area contributed by atoms with Crippen molar-refractivity contribution in [2.24, 2.45) is 0 Å². The molecular weight excluding hydrogens is 232 g/mol. The maximum atomic E-state index is 11.5. The molecule has 0 saturated carbocycles. The molecule has 0 aliphatic heterocycles. The predicted octanol–water partition coefficient (Wildman–Crippen LogP) is 2.30. The standard InChI is InChI=1S/C13H20N2O3/c1-13(2,3)18-12(16)15-8-9-5-6-10(17-4)7-11(9)14/h5-7H,8,14H2,1-4H3,(H,15,16). The molecular formula is C13H20N2O3. The van der Waals surface area contributed by atoms with Crippen LogP contribution in [-0.2, 0) is 11.3 Å². The minimum Gasteiger partial charge on any atom is -0.497 e. The molecule has 0 spiro atoms. The third-order valence-electron chi connectivity index (χ3n) is 2.18. The lowest BCUT2D eigenvalue weighted by Crippen LogP contribution is -2.32. The fourth-order valence-electron chi connectivity index (χ4n) is 1.34. The lowest BCUT2D eigenvalue weighted by atomic mass is 10.1. The van der Waals surface area contributed by atoms with Crippen LogP contribution in [0.2, 0.25) is 0 Å². The average molecular weight is 252 g/mol. The molecule has 100 valence electrons. The molecule has 0 atom stereocenters. The van der Waals surface area contributed by atoms with Gasteiger partial charge < -0.3 is 20.5 Å². The first-order chi connectivity index (χ1) is 8.31. The number of methoxy groups -OCH3 is 1. The van der Waals surface area contributed by atoms with Crippen LogP contribution in [0.15, 0.2) is 18.2 Å². The van der Waals surface area contributed by atoms with Crippen molar-refractivity contribution in [2.45, 2.75) is 32.9 Å². The van der Waals surface area contributed by atoms with Gasteiger partial charge >= 0.3 is 6.09 Å². The number of rotatable bonds is 3. The van der Waals surface area contributed by atoms with Gasteiger partial charge in [0.15, 0.2) is 0 Å². The molecule has 3 N–H and O–H groups in total. The number of hydrogen-bond donors (Lipinski definition) is 2. The molecule has 5 heteroatoms. The van der Waals surface area contributed by atoms with Gasteiger partial charge in [0.25, 0.3) is 0 Å². The summed E-state index contributed by atoms with van der Waals surface area (Å²) in [5.74, 6) is 0.688. The van der Waals surface area contributed by atoms with E-state index >= 15 is 0 Å². The molecule has 0 aliphatic carbocycles. The molecule has 0 aromatic heterocycles. The molecule has 0 fully saturated rings. The number of benzene rings is 1. The van der Waals surface area contributed by atoms with Crippen LogP contribution in [-0.4, -0.2) is 18.8 Å². The maximum Gasteiger partial charge on any atom is 0.407 e. The van der Waals surface area contributed by atoms with Crippen molar-refractivity contribution in [3.05, 3.63) is 23.8 Å². The highest BCUT2D eigenvalue weighted by molar-refractivity contribution is 5.68. The first-order valence-corrected chi connectivity index (χ1v) is 5.71. The number of amides is 1. The maximum absolute atomic E-state index is 11.5. The molecule has 0 bridgehead atoms. The van der Waals surface area contributed by atoms with Crippen molar-refractivity contribution < 1.29 is 14.3 Å². The average Bonchev–Trinajstić information content (AvgIpc) is 2.25. The lowest BCUT2D eigenvalue weighted by Gasteiger charge is -2.19. The van der Waals surface area contributed by atoms with Crippen molar-refractivity contribution in [3.63, 3.8) is 0 Å². The van der Waals surface area contributed by atoms with E-state index in [1.165, 1.54) is 0 Å². The van der Waals surface area contributed by atoms with E-state index in [-0.39, 0.29) is 0 Å². The summed E-state index contributed by atoms with van der Waals surface area (Å²) in [5.41, 5.74) is 6.73. The van der Waals surface area contributed by atoms with E-state index < -0.39 is 11.7 Å². The quantitative estimate of drug-likeness (QED) is 0.809. The third-order valence-corrected chi connectivity index (χ3v) is 2.18. The Hall–Kier alpha value is -1.91. The Morgan fingerprint density at radius 3 is 2.56 bits per heavy atom. The summed E-state index contributed by atoms with van der Waals surface area (Å²) in [6, 6.07) is 5.32. The van der Waals surface area contributed by atoms with Crippen LogP contribution < -0.4 is 15.8 Å². The molecule has 0 heterocycles. The molecule has 1 aromatic rings. The highest BCUT2D eigenvalue weighted by Crippen LogP contribution is 2.19. The van der Waals surface area contributed by atoms with Gasteiger partial charge in [-0.3, -0.25) is 0 Å². The second-order valence-electron chi connectivity index (χ2n) is 4.92. The fourth-order valence-corrected chi connectivity index (χ4v) is 1.34. The number of alkyl carbamates (subject to hydrolysis) is 1. The van der Waals surface area contributed by atoms with Crippen molar-refractivity contribution in [3.8, 4) is 5.75 Å². The zero-order valence-electron chi connectivity index (χ0n) is 11.2. The zero-order valence-corrected chi connectivity index (χ0v) is 11.2. The smallest absolute Gasteiger partial charge is 0.407 e. The highest BCUT2D eigenvalue weighted by atomic mass is 16.6. The minimum absolute atomic E-state index is 0.324. The Bertz CT molecular complexity index is 425. The number of hydrogen-bond acceptors (Lipinski definition) is 4. The zero-order chi connectivity index (χ0) is 13.8. The number of nitrogens with two attached hydrogens (primary N) is 1. The number of nitrogen functional groups attached to an aromatic ring is 1. The fraction of sp³-hybridized carbons (Fsp3) is 0.462. The van der Waals surface area contributed by atoms with Crippen molar-refractivity contribution in [2.75, 3.05) is 12.8 Å². The Kier molecular flexibility index (Phi) is 4.42. The Morgan fingerprint density at radius 2 is 2.06 bits per heavy atom. The first kappa shape index (κ1) is 14.2. The number of ether oxygens (including phenoxy) is 2. The first-order valence-electron chi connectivity index (χ1n) is 5.71. The van der Waals surface area contributed by atoms with Crippen LogP contribution in [0.5, 0.6) is 5.75 Å². The molecule has 0 radical (unpaired) electrons.